The first-order valence-electron chi connectivity index (χ1n) is 5.58. The summed E-state index contributed by atoms with van der Waals surface area (Å²) >= 11 is 11.9. The number of carbonyl (C=O) groups is 1. The molecule has 1 unspecified atom stereocenters. The topological polar surface area (TPSA) is 26.3 Å². The van der Waals surface area contributed by atoms with E-state index in [2.05, 4.69) is 0 Å². The number of benzene rings is 1. The van der Waals surface area contributed by atoms with Crippen molar-refractivity contribution in [1.29, 1.82) is 0 Å². The predicted octanol–water partition coefficient (Wildman–Crippen LogP) is 4.38. The maximum atomic E-state index is 12.4. The molecule has 0 spiro atoms. The SMILES string of the molecule is CCOC(C)(CC)C(=O)c1cc(Cl)ccc1Cl. The van der Waals surface area contributed by atoms with Gasteiger partial charge in [0, 0.05) is 17.2 Å². The highest BCUT2D eigenvalue weighted by Gasteiger charge is 2.33. The van der Waals surface area contributed by atoms with Crippen molar-refractivity contribution in [2.24, 2.45) is 0 Å². The molecule has 0 aliphatic rings. The minimum absolute atomic E-state index is 0.130. The first-order chi connectivity index (χ1) is 7.94. The summed E-state index contributed by atoms with van der Waals surface area (Å²) in [5.41, 5.74) is -0.430. The maximum absolute atomic E-state index is 12.4. The van der Waals surface area contributed by atoms with Gasteiger partial charge in [-0.15, -0.1) is 0 Å². The Hall–Kier alpha value is -0.570. The summed E-state index contributed by atoms with van der Waals surface area (Å²) in [5.74, 6) is -0.130. The van der Waals surface area contributed by atoms with Gasteiger partial charge >= 0.3 is 0 Å². The highest BCUT2D eigenvalue weighted by molar-refractivity contribution is 6.36. The molecule has 1 aromatic rings. The van der Waals surface area contributed by atoms with Crippen LogP contribution in [0.2, 0.25) is 10.0 Å². The van der Waals surface area contributed by atoms with Gasteiger partial charge in [0.05, 0.1) is 5.02 Å². The molecule has 0 bridgehead atoms. The monoisotopic (exact) mass is 274 g/mol. The van der Waals surface area contributed by atoms with Gasteiger partial charge in [-0.1, -0.05) is 30.1 Å². The molecular weight excluding hydrogens is 259 g/mol. The molecule has 4 heteroatoms. The van der Waals surface area contributed by atoms with Crippen molar-refractivity contribution in [3.63, 3.8) is 0 Å². The number of hydrogen-bond acceptors (Lipinski definition) is 2. The Kier molecular flexibility index (Phi) is 4.99. The zero-order valence-corrected chi connectivity index (χ0v) is 11.7. The molecule has 1 atom stereocenters. The second-order valence-electron chi connectivity index (χ2n) is 3.97. The summed E-state index contributed by atoms with van der Waals surface area (Å²) in [6, 6.07) is 4.86. The second kappa shape index (κ2) is 5.85. The molecule has 17 heavy (non-hydrogen) atoms. The zero-order chi connectivity index (χ0) is 13.1. The Morgan fingerprint density at radius 1 is 1.35 bits per heavy atom. The first kappa shape index (κ1) is 14.5. The molecule has 0 fully saturated rings. The maximum Gasteiger partial charge on any atom is 0.195 e. The Morgan fingerprint density at radius 3 is 2.53 bits per heavy atom. The number of ether oxygens (including phenoxy) is 1. The summed E-state index contributed by atoms with van der Waals surface area (Å²) in [4.78, 5) is 12.4. The van der Waals surface area contributed by atoms with Crippen LogP contribution in [0.1, 0.15) is 37.6 Å². The van der Waals surface area contributed by atoms with Crippen molar-refractivity contribution < 1.29 is 9.53 Å². The van der Waals surface area contributed by atoms with Crippen LogP contribution >= 0.6 is 23.2 Å². The van der Waals surface area contributed by atoms with E-state index in [1.807, 2.05) is 13.8 Å². The predicted molar refractivity (Wildman–Crippen MR) is 71.1 cm³/mol. The summed E-state index contributed by atoms with van der Waals surface area (Å²) in [5, 5.41) is 0.895. The Balaban J connectivity index is 3.14. The van der Waals surface area contributed by atoms with E-state index in [0.29, 0.717) is 28.6 Å². The van der Waals surface area contributed by atoms with Gasteiger partial charge in [0.25, 0.3) is 0 Å². The number of hydrogen-bond donors (Lipinski definition) is 0. The van der Waals surface area contributed by atoms with E-state index >= 15 is 0 Å². The van der Waals surface area contributed by atoms with Crippen LogP contribution in [-0.2, 0) is 4.74 Å². The van der Waals surface area contributed by atoms with Crippen molar-refractivity contribution in [1.82, 2.24) is 0 Å². The normalized spacial score (nSPS) is 14.4. The molecule has 0 aliphatic heterocycles. The van der Waals surface area contributed by atoms with Gasteiger partial charge in [-0.05, 0) is 38.5 Å². The lowest BCUT2D eigenvalue weighted by molar-refractivity contribution is -0.0115. The first-order valence-corrected chi connectivity index (χ1v) is 6.34. The van der Waals surface area contributed by atoms with Crippen LogP contribution in [-0.4, -0.2) is 18.0 Å². The van der Waals surface area contributed by atoms with Crippen molar-refractivity contribution in [2.45, 2.75) is 32.8 Å². The van der Waals surface area contributed by atoms with Gasteiger partial charge < -0.3 is 4.74 Å². The molecule has 0 radical (unpaired) electrons. The standard InChI is InChI=1S/C13H16Cl2O2/c1-4-13(3,17-5-2)12(16)10-8-9(14)6-7-11(10)15/h6-8H,4-5H2,1-3H3. The second-order valence-corrected chi connectivity index (χ2v) is 4.81. The van der Waals surface area contributed by atoms with Gasteiger partial charge in [0.15, 0.2) is 5.78 Å². The van der Waals surface area contributed by atoms with Crippen LogP contribution in [0.3, 0.4) is 0 Å². The zero-order valence-electron chi connectivity index (χ0n) is 10.2. The smallest absolute Gasteiger partial charge is 0.195 e. The van der Waals surface area contributed by atoms with Crippen molar-refractivity contribution in [3.05, 3.63) is 33.8 Å². The molecule has 0 aliphatic carbocycles. The molecule has 0 amide bonds. The van der Waals surface area contributed by atoms with Crippen LogP contribution < -0.4 is 0 Å². The van der Waals surface area contributed by atoms with Crippen molar-refractivity contribution >= 4 is 29.0 Å². The molecule has 94 valence electrons. The Labute approximate surface area is 112 Å². The molecule has 1 rings (SSSR count). The number of ketones is 1. The highest BCUT2D eigenvalue weighted by atomic mass is 35.5. The highest BCUT2D eigenvalue weighted by Crippen LogP contribution is 2.28. The van der Waals surface area contributed by atoms with Crippen molar-refractivity contribution in [3.8, 4) is 0 Å². The fourth-order valence-corrected chi connectivity index (χ4v) is 1.98. The molecule has 0 aromatic heterocycles. The van der Waals surface area contributed by atoms with Crippen LogP contribution in [0.15, 0.2) is 18.2 Å². The minimum Gasteiger partial charge on any atom is -0.367 e. The number of halogens is 2. The summed E-state index contributed by atoms with van der Waals surface area (Å²) in [6.45, 7) is 6.02. The van der Waals surface area contributed by atoms with Crippen LogP contribution in [0.5, 0.6) is 0 Å². The van der Waals surface area contributed by atoms with E-state index in [1.54, 1.807) is 25.1 Å². The molecular formula is C13H16Cl2O2. The molecule has 1 aromatic carbocycles. The third-order valence-electron chi connectivity index (χ3n) is 2.79. The quantitative estimate of drug-likeness (QED) is 0.745. The van der Waals surface area contributed by atoms with E-state index in [9.17, 15) is 4.79 Å². The summed E-state index contributed by atoms with van der Waals surface area (Å²) in [6.07, 6.45) is 0.586. The molecule has 2 nitrogen and oxygen atoms in total. The fourth-order valence-electron chi connectivity index (χ4n) is 1.60. The van der Waals surface area contributed by atoms with Gasteiger partial charge in [-0.3, -0.25) is 4.79 Å². The van der Waals surface area contributed by atoms with E-state index < -0.39 is 5.60 Å². The van der Waals surface area contributed by atoms with E-state index in [0.717, 1.165) is 0 Å². The largest absolute Gasteiger partial charge is 0.367 e. The molecule has 0 saturated carbocycles. The minimum atomic E-state index is -0.844. The lowest BCUT2D eigenvalue weighted by atomic mass is 9.92. The average Bonchev–Trinajstić information content (AvgIpc) is 2.31. The van der Waals surface area contributed by atoms with Crippen LogP contribution in [0.4, 0.5) is 0 Å². The number of carbonyl (C=O) groups excluding carboxylic acids is 1. The molecule has 0 saturated heterocycles. The lowest BCUT2D eigenvalue weighted by Crippen LogP contribution is -2.38. The Bertz CT molecular complexity index is 418. The molecule has 0 heterocycles. The average molecular weight is 275 g/mol. The van der Waals surface area contributed by atoms with E-state index in [4.69, 9.17) is 27.9 Å². The van der Waals surface area contributed by atoms with Gasteiger partial charge in [0.2, 0.25) is 0 Å². The summed E-state index contributed by atoms with van der Waals surface area (Å²) in [7, 11) is 0. The van der Waals surface area contributed by atoms with Gasteiger partial charge in [0.1, 0.15) is 5.60 Å². The van der Waals surface area contributed by atoms with E-state index in [1.165, 1.54) is 0 Å². The fraction of sp³-hybridized carbons (Fsp3) is 0.462. The summed E-state index contributed by atoms with van der Waals surface area (Å²) < 4.78 is 5.54. The van der Waals surface area contributed by atoms with Crippen molar-refractivity contribution in [2.75, 3.05) is 6.61 Å². The Morgan fingerprint density at radius 2 is 2.00 bits per heavy atom. The molecule has 0 N–H and O–H groups in total. The third-order valence-corrected chi connectivity index (χ3v) is 3.36. The number of rotatable bonds is 5. The van der Waals surface area contributed by atoms with Gasteiger partial charge in [-0.25, -0.2) is 0 Å². The number of Topliss-reactive ketones (excluding diaryl/α,β-unsaturated/α-hetero) is 1. The van der Waals surface area contributed by atoms with E-state index in [-0.39, 0.29) is 5.78 Å². The van der Waals surface area contributed by atoms with Crippen LogP contribution in [0, 0.1) is 0 Å². The van der Waals surface area contributed by atoms with Gasteiger partial charge in [-0.2, -0.15) is 0 Å². The third kappa shape index (κ3) is 3.21. The lowest BCUT2D eigenvalue weighted by Gasteiger charge is -2.27. The van der Waals surface area contributed by atoms with Crippen LogP contribution in [0.25, 0.3) is 0 Å².